The summed E-state index contributed by atoms with van der Waals surface area (Å²) in [4.78, 5) is 10.2. The zero-order chi connectivity index (χ0) is 17.3. The summed E-state index contributed by atoms with van der Waals surface area (Å²) < 4.78 is 17.2. The van der Waals surface area contributed by atoms with Crippen LogP contribution in [0.1, 0.15) is 13.8 Å². The molecule has 2 heterocycles. The van der Waals surface area contributed by atoms with E-state index in [0.29, 0.717) is 18.0 Å². The van der Waals surface area contributed by atoms with Gasteiger partial charge in [0.15, 0.2) is 5.79 Å². The largest absolute Gasteiger partial charge is 0.365 e. The highest BCUT2D eigenvalue weighted by Gasteiger charge is 2.51. The van der Waals surface area contributed by atoms with Crippen molar-refractivity contribution in [2.24, 2.45) is 5.10 Å². The Balaban J connectivity index is 1.71. The van der Waals surface area contributed by atoms with Crippen LogP contribution in [-0.2, 0) is 14.2 Å². The third-order valence-electron chi connectivity index (χ3n) is 3.76. The summed E-state index contributed by atoms with van der Waals surface area (Å²) in [6.07, 6.45) is 4.56. The van der Waals surface area contributed by atoms with Gasteiger partial charge in [-0.1, -0.05) is 5.92 Å². The Labute approximate surface area is 138 Å². The van der Waals surface area contributed by atoms with Crippen LogP contribution < -0.4 is 5.43 Å². The lowest BCUT2D eigenvalue weighted by molar-refractivity contribution is -0.384. The van der Waals surface area contributed by atoms with E-state index in [4.69, 9.17) is 20.6 Å². The Hall–Kier alpha value is -2.47. The SMILES string of the molecule is C#C/C(=N/Nc1ccc([N+](=O)[O-])cc1)[C@@H]1OC[C@@H]2OC(C)(C)O[C@@H]21. The molecule has 24 heavy (non-hydrogen) atoms. The average molecular weight is 331 g/mol. The van der Waals surface area contributed by atoms with Crippen molar-refractivity contribution in [1.82, 2.24) is 0 Å². The number of hydrogen-bond acceptors (Lipinski definition) is 7. The lowest BCUT2D eigenvalue weighted by atomic mass is 10.1. The van der Waals surface area contributed by atoms with Gasteiger partial charge >= 0.3 is 0 Å². The van der Waals surface area contributed by atoms with Crippen molar-refractivity contribution in [3.05, 3.63) is 34.4 Å². The van der Waals surface area contributed by atoms with Gasteiger partial charge in [-0.2, -0.15) is 5.10 Å². The van der Waals surface area contributed by atoms with Crippen molar-refractivity contribution < 1.29 is 19.1 Å². The monoisotopic (exact) mass is 331 g/mol. The highest BCUT2D eigenvalue weighted by atomic mass is 16.8. The van der Waals surface area contributed by atoms with Gasteiger partial charge in [0.25, 0.3) is 5.69 Å². The van der Waals surface area contributed by atoms with Crippen molar-refractivity contribution in [2.45, 2.75) is 37.9 Å². The van der Waals surface area contributed by atoms with Crippen molar-refractivity contribution in [3.63, 3.8) is 0 Å². The molecule has 0 saturated carbocycles. The van der Waals surface area contributed by atoms with Gasteiger partial charge < -0.3 is 14.2 Å². The quantitative estimate of drug-likeness (QED) is 0.392. The maximum Gasteiger partial charge on any atom is 0.269 e. The smallest absolute Gasteiger partial charge is 0.269 e. The predicted octanol–water partition coefficient (Wildman–Crippen LogP) is 1.91. The van der Waals surface area contributed by atoms with E-state index >= 15 is 0 Å². The second-order valence-electron chi connectivity index (χ2n) is 5.95. The van der Waals surface area contributed by atoms with Crippen LogP contribution in [0, 0.1) is 22.5 Å². The molecule has 0 amide bonds. The van der Waals surface area contributed by atoms with E-state index in [1.165, 1.54) is 12.1 Å². The highest BCUT2D eigenvalue weighted by Crippen LogP contribution is 2.35. The third-order valence-corrected chi connectivity index (χ3v) is 3.76. The molecule has 2 saturated heterocycles. The Morgan fingerprint density at radius 1 is 1.42 bits per heavy atom. The number of anilines is 1. The van der Waals surface area contributed by atoms with Crippen LogP contribution in [0.4, 0.5) is 11.4 Å². The van der Waals surface area contributed by atoms with Gasteiger partial charge in [-0.25, -0.2) is 0 Å². The molecule has 1 aromatic rings. The first-order valence-electron chi connectivity index (χ1n) is 7.41. The first-order valence-corrected chi connectivity index (χ1v) is 7.41. The van der Waals surface area contributed by atoms with Gasteiger partial charge in [0, 0.05) is 12.1 Å². The lowest BCUT2D eigenvalue weighted by Crippen LogP contribution is -2.35. The zero-order valence-corrected chi connectivity index (χ0v) is 13.3. The number of fused-ring (bicyclic) bond motifs is 1. The number of nitro benzene ring substituents is 1. The molecule has 2 aliphatic rings. The molecular weight excluding hydrogens is 314 g/mol. The molecule has 8 heteroatoms. The molecule has 2 aliphatic heterocycles. The summed E-state index contributed by atoms with van der Waals surface area (Å²) in [6, 6.07) is 5.86. The van der Waals surface area contributed by atoms with Gasteiger partial charge in [0.05, 0.1) is 17.2 Å². The number of nitro groups is 1. The molecule has 0 spiro atoms. The fourth-order valence-electron chi connectivity index (χ4n) is 2.74. The van der Waals surface area contributed by atoms with Gasteiger partial charge in [-0.15, -0.1) is 6.42 Å². The van der Waals surface area contributed by atoms with Crippen LogP contribution in [0.3, 0.4) is 0 Å². The molecule has 2 fully saturated rings. The Morgan fingerprint density at radius 3 is 2.75 bits per heavy atom. The van der Waals surface area contributed by atoms with E-state index in [9.17, 15) is 10.1 Å². The molecule has 1 aromatic carbocycles. The first-order chi connectivity index (χ1) is 11.4. The average Bonchev–Trinajstić information content (AvgIpc) is 3.04. The topological polar surface area (TPSA) is 95.2 Å². The molecular formula is C16H17N3O5. The zero-order valence-electron chi connectivity index (χ0n) is 13.3. The van der Waals surface area contributed by atoms with E-state index in [2.05, 4.69) is 16.4 Å². The second kappa shape index (κ2) is 6.20. The summed E-state index contributed by atoms with van der Waals surface area (Å²) in [7, 11) is 0. The van der Waals surface area contributed by atoms with Gasteiger partial charge in [-0.05, 0) is 26.0 Å². The maximum atomic E-state index is 10.6. The van der Waals surface area contributed by atoms with E-state index in [-0.39, 0.29) is 17.9 Å². The number of rotatable bonds is 4. The molecule has 3 atom stereocenters. The minimum absolute atomic E-state index is 0.00223. The molecule has 1 N–H and O–H groups in total. The van der Waals surface area contributed by atoms with E-state index in [1.54, 1.807) is 12.1 Å². The molecule has 8 nitrogen and oxygen atoms in total. The molecule has 0 radical (unpaired) electrons. The van der Waals surface area contributed by atoms with E-state index in [0.717, 1.165) is 0 Å². The number of terminal acetylenes is 1. The number of nitrogens with zero attached hydrogens (tertiary/aromatic N) is 2. The number of ether oxygens (including phenoxy) is 3. The fourth-order valence-corrected chi connectivity index (χ4v) is 2.74. The van der Waals surface area contributed by atoms with Crippen molar-refractivity contribution in [1.29, 1.82) is 0 Å². The number of hydrazone groups is 1. The molecule has 0 aromatic heterocycles. The summed E-state index contributed by atoms with van der Waals surface area (Å²) in [5.74, 6) is 1.82. The first kappa shape index (κ1) is 16.4. The second-order valence-corrected chi connectivity index (χ2v) is 5.95. The van der Waals surface area contributed by atoms with Gasteiger partial charge in [0.1, 0.15) is 24.0 Å². The van der Waals surface area contributed by atoms with Crippen LogP contribution in [-0.4, -0.2) is 41.3 Å². The maximum absolute atomic E-state index is 10.6. The van der Waals surface area contributed by atoms with Crippen LogP contribution >= 0.6 is 0 Å². The summed E-state index contributed by atoms with van der Waals surface area (Å²) in [5, 5.41) is 14.8. The number of benzene rings is 1. The third kappa shape index (κ3) is 3.23. The van der Waals surface area contributed by atoms with Crippen LogP contribution in [0.15, 0.2) is 29.4 Å². The van der Waals surface area contributed by atoms with Gasteiger partial charge in [-0.3, -0.25) is 15.5 Å². The minimum atomic E-state index is -0.678. The minimum Gasteiger partial charge on any atom is -0.365 e. The van der Waals surface area contributed by atoms with E-state index in [1.807, 2.05) is 13.8 Å². The standard InChI is InChI=1S/C16H17N3O5/c1-4-12(14-15-13(9-22-14)23-16(2,3)24-15)18-17-10-5-7-11(8-6-10)19(20)21/h1,5-8,13-15,17H,9H2,2-3H3/b18-12-/t13-,14-,15-/m0/s1. The summed E-state index contributed by atoms with van der Waals surface area (Å²) in [6.45, 7) is 4.06. The molecule has 0 unspecified atom stereocenters. The summed E-state index contributed by atoms with van der Waals surface area (Å²) in [5.41, 5.74) is 3.71. The Morgan fingerprint density at radius 2 is 2.12 bits per heavy atom. The van der Waals surface area contributed by atoms with Gasteiger partial charge in [0.2, 0.25) is 0 Å². The fraction of sp³-hybridized carbons (Fsp3) is 0.438. The van der Waals surface area contributed by atoms with Crippen LogP contribution in [0.5, 0.6) is 0 Å². The van der Waals surface area contributed by atoms with Crippen LogP contribution in [0.2, 0.25) is 0 Å². The number of nitrogens with one attached hydrogen (secondary N) is 1. The molecule has 126 valence electrons. The van der Waals surface area contributed by atoms with E-state index < -0.39 is 16.8 Å². The Kier molecular flexibility index (Phi) is 4.24. The molecule has 3 rings (SSSR count). The molecule has 0 bridgehead atoms. The van der Waals surface area contributed by atoms with Crippen molar-refractivity contribution in [3.8, 4) is 12.3 Å². The number of non-ortho nitro benzene ring substituents is 1. The lowest BCUT2D eigenvalue weighted by Gasteiger charge is -2.21. The van der Waals surface area contributed by atoms with Crippen molar-refractivity contribution >= 4 is 17.1 Å². The Bertz CT molecular complexity index is 707. The van der Waals surface area contributed by atoms with Crippen LogP contribution in [0.25, 0.3) is 0 Å². The summed E-state index contributed by atoms with van der Waals surface area (Å²) >= 11 is 0. The normalized spacial score (nSPS) is 28.2. The van der Waals surface area contributed by atoms with Crippen molar-refractivity contribution in [2.75, 3.05) is 12.0 Å². The predicted molar refractivity (Wildman–Crippen MR) is 86.6 cm³/mol. The molecule has 0 aliphatic carbocycles. The highest BCUT2D eigenvalue weighted by molar-refractivity contribution is 6.04. The number of hydrogen-bond donors (Lipinski definition) is 1.